The zero-order chi connectivity index (χ0) is 12.1. The zero-order valence-corrected chi connectivity index (χ0v) is 11.0. The fourth-order valence-electron chi connectivity index (χ4n) is 1.29. The second-order valence-corrected chi connectivity index (χ2v) is 5.57. The van der Waals surface area contributed by atoms with E-state index in [9.17, 15) is 4.79 Å². The van der Waals surface area contributed by atoms with E-state index in [1.165, 1.54) is 4.88 Å². The molecule has 90 valence electrons. The Kier molecular flexibility index (Phi) is 4.22. The van der Waals surface area contributed by atoms with Crippen molar-refractivity contribution in [2.24, 2.45) is 0 Å². The van der Waals surface area contributed by atoms with Crippen molar-refractivity contribution in [1.29, 1.82) is 0 Å². The van der Waals surface area contributed by atoms with E-state index in [1.807, 2.05) is 18.4 Å². The van der Waals surface area contributed by atoms with Gasteiger partial charge in [0.25, 0.3) is 0 Å². The summed E-state index contributed by atoms with van der Waals surface area (Å²) in [6.45, 7) is 1.90. The summed E-state index contributed by atoms with van der Waals surface area (Å²) >= 11 is 3.32. The predicted octanol–water partition coefficient (Wildman–Crippen LogP) is 2.65. The number of hydrogen-bond donors (Lipinski definition) is 2. The number of carbonyl (C=O) groups excluding carboxylic acids is 1. The number of aromatic nitrogens is 2. The highest BCUT2D eigenvalue weighted by atomic mass is 32.2. The van der Waals surface area contributed by atoms with Gasteiger partial charge in [0, 0.05) is 16.2 Å². The Hall–Kier alpha value is -1.27. The number of nitrogens with zero attached hydrogens (tertiary/aromatic N) is 1. The molecule has 0 aliphatic rings. The molecule has 6 heteroatoms. The molecule has 0 radical (unpaired) electrons. The Bertz CT molecular complexity index is 479. The lowest BCUT2D eigenvalue weighted by Crippen LogP contribution is -2.15. The molecule has 0 atom stereocenters. The molecule has 2 rings (SSSR count). The summed E-state index contributed by atoms with van der Waals surface area (Å²) in [7, 11) is 0. The third kappa shape index (κ3) is 3.61. The molecule has 0 spiro atoms. The second-order valence-electron chi connectivity index (χ2n) is 3.55. The van der Waals surface area contributed by atoms with E-state index < -0.39 is 0 Å². The SMILES string of the molecule is Cc1cn[nH]c1NC(=O)CSCc1cccs1. The van der Waals surface area contributed by atoms with Gasteiger partial charge in [0.2, 0.25) is 5.91 Å². The number of hydrogen-bond acceptors (Lipinski definition) is 4. The summed E-state index contributed by atoms with van der Waals surface area (Å²) in [6, 6.07) is 4.10. The van der Waals surface area contributed by atoms with Gasteiger partial charge in [0.15, 0.2) is 0 Å². The Morgan fingerprint density at radius 1 is 1.65 bits per heavy atom. The Morgan fingerprint density at radius 3 is 3.18 bits per heavy atom. The molecule has 0 bridgehead atoms. The highest BCUT2D eigenvalue weighted by molar-refractivity contribution is 7.99. The van der Waals surface area contributed by atoms with E-state index in [0.717, 1.165) is 11.3 Å². The first kappa shape index (κ1) is 12.2. The molecule has 2 N–H and O–H groups in total. The van der Waals surface area contributed by atoms with E-state index in [2.05, 4.69) is 21.6 Å². The van der Waals surface area contributed by atoms with E-state index in [1.54, 1.807) is 29.3 Å². The van der Waals surface area contributed by atoms with Gasteiger partial charge in [-0.05, 0) is 18.4 Å². The van der Waals surface area contributed by atoms with Crippen LogP contribution in [0.5, 0.6) is 0 Å². The fraction of sp³-hybridized carbons (Fsp3) is 0.273. The Morgan fingerprint density at radius 2 is 2.53 bits per heavy atom. The van der Waals surface area contributed by atoms with Crippen molar-refractivity contribution >= 4 is 34.8 Å². The molecule has 0 saturated heterocycles. The topological polar surface area (TPSA) is 57.8 Å². The van der Waals surface area contributed by atoms with E-state index in [-0.39, 0.29) is 5.91 Å². The highest BCUT2D eigenvalue weighted by Crippen LogP contribution is 2.17. The molecular weight excluding hydrogens is 254 g/mol. The molecule has 0 aliphatic heterocycles. The van der Waals surface area contributed by atoms with Gasteiger partial charge in [-0.25, -0.2) is 0 Å². The predicted molar refractivity (Wildman–Crippen MR) is 72.4 cm³/mol. The third-order valence-corrected chi connectivity index (χ3v) is 4.19. The van der Waals surface area contributed by atoms with Crippen molar-refractivity contribution < 1.29 is 4.79 Å². The second kappa shape index (κ2) is 5.88. The standard InChI is InChI=1S/C11H13N3OS2/c1-8-5-12-14-11(8)13-10(15)7-16-6-9-3-2-4-17-9/h2-5H,6-7H2,1H3,(H2,12,13,14,15). The molecule has 0 aliphatic carbocycles. The average molecular weight is 267 g/mol. The summed E-state index contributed by atoms with van der Waals surface area (Å²) in [5, 5.41) is 11.4. The van der Waals surface area contributed by atoms with Crippen LogP contribution in [0.3, 0.4) is 0 Å². The quantitative estimate of drug-likeness (QED) is 0.875. The van der Waals surface area contributed by atoms with Crippen molar-refractivity contribution in [2.75, 3.05) is 11.1 Å². The minimum Gasteiger partial charge on any atom is -0.310 e. The lowest BCUT2D eigenvalue weighted by molar-refractivity contribution is -0.113. The number of amides is 1. The van der Waals surface area contributed by atoms with Crippen LogP contribution < -0.4 is 5.32 Å². The van der Waals surface area contributed by atoms with Crippen LogP contribution in [0.25, 0.3) is 0 Å². The number of carbonyl (C=O) groups is 1. The minimum absolute atomic E-state index is 0.00101. The van der Waals surface area contributed by atoms with Crippen molar-refractivity contribution in [2.45, 2.75) is 12.7 Å². The summed E-state index contributed by atoms with van der Waals surface area (Å²) in [5.41, 5.74) is 0.946. The monoisotopic (exact) mass is 267 g/mol. The first-order valence-electron chi connectivity index (χ1n) is 5.15. The molecule has 2 aromatic heterocycles. The van der Waals surface area contributed by atoms with Crippen LogP contribution in [0.2, 0.25) is 0 Å². The molecule has 2 aromatic rings. The number of thioether (sulfide) groups is 1. The number of H-pyrrole nitrogens is 1. The van der Waals surface area contributed by atoms with Crippen molar-refractivity contribution in [1.82, 2.24) is 10.2 Å². The molecule has 0 aromatic carbocycles. The Balaban J connectivity index is 1.73. The first-order valence-corrected chi connectivity index (χ1v) is 7.19. The summed E-state index contributed by atoms with van der Waals surface area (Å²) in [4.78, 5) is 12.9. The van der Waals surface area contributed by atoms with Gasteiger partial charge in [-0.1, -0.05) is 6.07 Å². The molecule has 0 unspecified atom stereocenters. The van der Waals surface area contributed by atoms with Gasteiger partial charge in [-0.2, -0.15) is 5.10 Å². The number of thiophene rings is 1. The van der Waals surface area contributed by atoms with Crippen LogP contribution in [-0.4, -0.2) is 21.9 Å². The van der Waals surface area contributed by atoms with Crippen LogP contribution in [0.15, 0.2) is 23.7 Å². The van der Waals surface area contributed by atoms with Crippen molar-refractivity contribution in [3.8, 4) is 0 Å². The maximum Gasteiger partial charge on any atom is 0.235 e. The van der Waals surface area contributed by atoms with Crippen LogP contribution in [0, 0.1) is 6.92 Å². The molecule has 4 nitrogen and oxygen atoms in total. The zero-order valence-electron chi connectivity index (χ0n) is 9.40. The molecular formula is C11H13N3OS2. The minimum atomic E-state index is -0.00101. The smallest absolute Gasteiger partial charge is 0.235 e. The highest BCUT2D eigenvalue weighted by Gasteiger charge is 2.06. The van der Waals surface area contributed by atoms with Gasteiger partial charge >= 0.3 is 0 Å². The van der Waals surface area contributed by atoms with E-state index >= 15 is 0 Å². The third-order valence-electron chi connectivity index (χ3n) is 2.15. The van der Waals surface area contributed by atoms with Gasteiger partial charge in [0.05, 0.1) is 11.9 Å². The molecule has 1 amide bonds. The number of rotatable bonds is 5. The number of aryl methyl sites for hydroxylation is 1. The van der Waals surface area contributed by atoms with Crippen LogP contribution >= 0.6 is 23.1 Å². The number of nitrogens with one attached hydrogen (secondary N) is 2. The van der Waals surface area contributed by atoms with Gasteiger partial charge < -0.3 is 5.32 Å². The van der Waals surface area contributed by atoms with Crippen LogP contribution in [0.1, 0.15) is 10.4 Å². The van der Waals surface area contributed by atoms with Gasteiger partial charge in [-0.15, -0.1) is 23.1 Å². The van der Waals surface area contributed by atoms with Gasteiger partial charge in [0.1, 0.15) is 5.82 Å². The lowest BCUT2D eigenvalue weighted by Gasteiger charge is -2.03. The van der Waals surface area contributed by atoms with Gasteiger partial charge in [-0.3, -0.25) is 9.89 Å². The van der Waals surface area contributed by atoms with Crippen LogP contribution in [-0.2, 0) is 10.5 Å². The summed E-state index contributed by atoms with van der Waals surface area (Å²) in [5.74, 6) is 2.02. The lowest BCUT2D eigenvalue weighted by atomic mass is 10.4. The molecule has 2 heterocycles. The maximum absolute atomic E-state index is 11.6. The van der Waals surface area contributed by atoms with E-state index in [4.69, 9.17) is 0 Å². The largest absolute Gasteiger partial charge is 0.310 e. The fourth-order valence-corrected chi connectivity index (χ4v) is 2.96. The number of anilines is 1. The molecule has 0 fully saturated rings. The maximum atomic E-state index is 11.6. The Labute approximate surface area is 108 Å². The first-order chi connectivity index (χ1) is 8.25. The number of aromatic amines is 1. The van der Waals surface area contributed by atoms with E-state index in [0.29, 0.717) is 11.6 Å². The van der Waals surface area contributed by atoms with Crippen LogP contribution in [0.4, 0.5) is 5.82 Å². The summed E-state index contributed by atoms with van der Waals surface area (Å²) < 4.78 is 0. The summed E-state index contributed by atoms with van der Waals surface area (Å²) in [6.07, 6.45) is 1.69. The van der Waals surface area contributed by atoms with Crippen molar-refractivity contribution in [3.05, 3.63) is 34.2 Å². The van der Waals surface area contributed by atoms with Crippen molar-refractivity contribution in [3.63, 3.8) is 0 Å². The average Bonchev–Trinajstić information content (AvgIpc) is 2.92. The normalized spacial score (nSPS) is 10.4. The molecule has 17 heavy (non-hydrogen) atoms. The molecule has 0 saturated carbocycles.